The van der Waals surface area contributed by atoms with Gasteiger partial charge in [0.2, 0.25) is 11.1 Å². The summed E-state index contributed by atoms with van der Waals surface area (Å²) >= 11 is 7.62. The fourth-order valence-corrected chi connectivity index (χ4v) is 4.11. The molecule has 0 N–H and O–H groups in total. The summed E-state index contributed by atoms with van der Waals surface area (Å²) in [6, 6.07) is 0.447. The quantitative estimate of drug-likeness (QED) is 0.845. The molecule has 122 valence electrons. The van der Waals surface area contributed by atoms with Gasteiger partial charge in [0, 0.05) is 32.1 Å². The Morgan fingerprint density at radius 2 is 1.83 bits per heavy atom. The monoisotopic (exact) mass is 350 g/mol. The fraction of sp³-hybridized carbons (Fsp3) is 0.600. The first kappa shape index (κ1) is 15.1. The van der Waals surface area contributed by atoms with Crippen LogP contribution in [0.1, 0.15) is 36.6 Å². The molecule has 1 saturated heterocycles. The van der Waals surface area contributed by atoms with Crippen molar-refractivity contribution >= 4 is 34.0 Å². The lowest BCUT2D eigenvalue weighted by atomic mass is 10.0. The number of rotatable bonds is 4. The van der Waals surface area contributed by atoms with Crippen molar-refractivity contribution in [2.75, 3.05) is 29.9 Å². The molecule has 0 bridgehead atoms. The van der Waals surface area contributed by atoms with Gasteiger partial charge in [-0.3, -0.25) is 0 Å². The third-order valence-corrected chi connectivity index (χ3v) is 5.90. The molecule has 2 aromatic heterocycles. The van der Waals surface area contributed by atoms with Gasteiger partial charge in [-0.05, 0) is 25.7 Å². The molecule has 2 fully saturated rings. The molecule has 3 heterocycles. The number of anilines is 2. The molecule has 1 aliphatic carbocycles. The maximum absolute atomic E-state index is 5.86. The Hall–Kier alpha value is -1.47. The zero-order valence-corrected chi connectivity index (χ0v) is 14.6. The Labute approximate surface area is 144 Å². The number of hydrogen-bond acceptors (Lipinski definition) is 7. The van der Waals surface area contributed by atoms with E-state index in [1.807, 2.05) is 0 Å². The molecule has 4 rings (SSSR count). The SMILES string of the molecule is CN(c1ncc(Cl)cn1)C1CCN(c2nnc(C3CC3)s2)CC1. The zero-order valence-electron chi connectivity index (χ0n) is 13.0. The predicted molar refractivity (Wildman–Crippen MR) is 92.6 cm³/mol. The lowest BCUT2D eigenvalue weighted by molar-refractivity contribution is 0.476. The van der Waals surface area contributed by atoms with Crippen LogP contribution < -0.4 is 9.80 Å². The molecule has 0 unspecified atom stereocenters. The van der Waals surface area contributed by atoms with E-state index in [1.54, 1.807) is 23.7 Å². The lowest BCUT2D eigenvalue weighted by Gasteiger charge is -2.36. The van der Waals surface area contributed by atoms with E-state index in [-0.39, 0.29) is 0 Å². The third kappa shape index (κ3) is 3.26. The Morgan fingerprint density at radius 3 is 2.48 bits per heavy atom. The number of halogens is 1. The molecule has 1 aliphatic heterocycles. The van der Waals surface area contributed by atoms with Crippen molar-refractivity contribution in [3.63, 3.8) is 0 Å². The van der Waals surface area contributed by atoms with Crippen molar-refractivity contribution in [3.8, 4) is 0 Å². The largest absolute Gasteiger partial charge is 0.347 e. The summed E-state index contributed by atoms with van der Waals surface area (Å²) in [5.41, 5.74) is 0. The van der Waals surface area contributed by atoms with Gasteiger partial charge in [0.15, 0.2) is 0 Å². The van der Waals surface area contributed by atoms with Gasteiger partial charge in [0.05, 0.1) is 17.4 Å². The van der Waals surface area contributed by atoms with Gasteiger partial charge in [-0.1, -0.05) is 22.9 Å². The second kappa shape index (κ2) is 6.20. The van der Waals surface area contributed by atoms with Gasteiger partial charge in [-0.15, -0.1) is 10.2 Å². The summed E-state index contributed by atoms with van der Waals surface area (Å²) < 4.78 is 0. The molecule has 0 spiro atoms. The fourth-order valence-electron chi connectivity index (χ4n) is 2.94. The van der Waals surface area contributed by atoms with Gasteiger partial charge in [-0.2, -0.15) is 0 Å². The molecule has 0 atom stereocenters. The van der Waals surface area contributed by atoms with Crippen LogP contribution in [0.2, 0.25) is 5.02 Å². The summed E-state index contributed by atoms with van der Waals surface area (Å²) in [7, 11) is 2.06. The molecule has 8 heteroatoms. The molecule has 0 amide bonds. The Bertz CT molecular complexity index is 663. The van der Waals surface area contributed by atoms with E-state index in [9.17, 15) is 0 Å². The van der Waals surface area contributed by atoms with E-state index in [4.69, 9.17) is 11.6 Å². The van der Waals surface area contributed by atoms with E-state index < -0.39 is 0 Å². The van der Waals surface area contributed by atoms with Crippen LogP contribution in [0.3, 0.4) is 0 Å². The Kier molecular flexibility index (Phi) is 4.07. The average molecular weight is 351 g/mol. The van der Waals surface area contributed by atoms with Gasteiger partial charge >= 0.3 is 0 Å². The number of hydrogen-bond donors (Lipinski definition) is 0. The van der Waals surface area contributed by atoms with Gasteiger partial charge in [-0.25, -0.2) is 9.97 Å². The minimum atomic E-state index is 0.447. The van der Waals surface area contributed by atoms with Crippen LogP contribution in [0, 0.1) is 0 Å². The van der Waals surface area contributed by atoms with Crippen LogP contribution in [-0.4, -0.2) is 46.3 Å². The third-order valence-electron chi connectivity index (χ3n) is 4.56. The van der Waals surface area contributed by atoms with Crippen LogP contribution >= 0.6 is 22.9 Å². The van der Waals surface area contributed by atoms with Crippen LogP contribution in [0.4, 0.5) is 11.1 Å². The normalized spacial score (nSPS) is 19.1. The molecular weight excluding hydrogens is 332 g/mol. The van der Waals surface area contributed by atoms with Crippen molar-refractivity contribution in [1.82, 2.24) is 20.2 Å². The Morgan fingerprint density at radius 1 is 1.13 bits per heavy atom. The summed E-state index contributed by atoms with van der Waals surface area (Å²) in [4.78, 5) is 13.1. The van der Waals surface area contributed by atoms with Crippen LogP contribution in [-0.2, 0) is 0 Å². The minimum Gasteiger partial charge on any atom is -0.347 e. The number of nitrogens with zero attached hydrogens (tertiary/aromatic N) is 6. The highest BCUT2D eigenvalue weighted by Crippen LogP contribution is 2.42. The van der Waals surface area contributed by atoms with Gasteiger partial charge < -0.3 is 9.80 Å². The molecule has 0 radical (unpaired) electrons. The van der Waals surface area contributed by atoms with Crippen molar-refractivity contribution in [2.45, 2.75) is 37.6 Å². The van der Waals surface area contributed by atoms with Gasteiger partial charge in [0.25, 0.3) is 0 Å². The van der Waals surface area contributed by atoms with Crippen molar-refractivity contribution < 1.29 is 0 Å². The molecule has 1 saturated carbocycles. The zero-order chi connectivity index (χ0) is 15.8. The number of aromatic nitrogens is 4. The van der Waals surface area contributed by atoms with E-state index in [2.05, 4.69) is 37.0 Å². The second-order valence-corrected chi connectivity index (χ2v) is 7.65. The maximum Gasteiger partial charge on any atom is 0.225 e. The van der Waals surface area contributed by atoms with Crippen LogP contribution in [0.25, 0.3) is 0 Å². The summed E-state index contributed by atoms with van der Waals surface area (Å²) in [5, 5.41) is 11.6. The van der Waals surface area contributed by atoms with E-state index in [0.717, 1.165) is 37.0 Å². The minimum absolute atomic E-state index is 0.447. The highest BCUT2D eigenvalue weighted by Gasteiger charge is 2.30. The van der Waals surface area contributed by atoms with E-state index in [1.165, 1.54) is 17.8 Å². The van der Waals surface area contributed by atoms with Crippen LogP contribution in [0.5, 0.6) is 0 Å². The maximum atomic E-state index is 5.86. The summed E-state index contributed by atoms with van der Waals surface area (Å²) in [6.45, 7) is 2.00. The Balaban J connectivity index is 1.37. The van der Waals surface area contributed by atoms with Crippen LogP contribution in [0.15, 0.2) is 12.4 Å². The first-order chi connectivity index (χ1) is 11.2. The molecule has 2 aliphatic rings. The highest BCUT2D eigenvalue weighted by atomic mass is 35.5. The molecule has 2 aromatic rings. The smallest absolute Gasteiger partial charge is 0.225 e. The standard InChI is InChI=1S/C15H19ClN6S/c1-21(14-17-8-11(16)9-18-14)12-4-6-22(7-5-12)15-20-19-13(23-15)10-2-3-10/h8-10,12H,2-7H2,1H3. The number of piperidine rings is 1. The predicted octanol–water partition coefficient (Wildman–Crippen LogP) is 2.96. The first-order valence-corrected chi connectivity index (χ1v) is 9.19. The van der Waals surface area contributed by atoms with E-state index >= 15 is 0 Å². The van der Waals surface area contributed by atoms with Gasteiger partial charge in [0.1, 0.15) is 5.01 Å². The van der Waals surface area contributed by atoms with Crippen molar-refractivity contribution in [3.05, 3.63) is 22.4 Å². The van der Waals surface area contributed by atoms with Crippen molar-refractivity contribution in [1.29, 1.82) is 0 Å². The summed E-state index contributed by atoms with van der Waals surface area (Å²) in [6.07, 6.45) is 8.00. The molecule has 0 aromatic carbocycles. The summed E-state index contributed by atoms with van der Waals surface area (Å²) in [5.74, 6) is 1.42. The topological polar surface area (TPSA) is 58.0 Å². The van der Waals surface area contributed by atoms with Crippen molar-refractivity contribution in [2.24, 2.45) is 0 Å². The molecular formula is C15H19ClN6S. The second-order valence-electron chi connectivity index (χ2n) is 6.23. The highest BCUT2D eigenvalue weighted by molar-refractivity contribution is 7.15. The molecule has 23 heavy (non-hydrogen) atoms. The van der Waals surface area contributed by atoms with E-state index in [0.29, 0.717) is 17.0 Å². The molecule has 6 nitrogen and oxygen atoms in total. The average Bonchev–Trinajstić information content (AvgIpc) is 3.32. The first-order valence-electron chi connectivity index (χ1n) is 7.99. The lowest BCUT2D eigenvalue weighted by Crippen LogP contribution is -2.44.